The van der Waals surface area contributed by atoms with Gasteiger partial charge >= 0.3 is 12.2 Å². The standard InChI is InChI=1S/C24H26F3N3O2S/c1-33-20-5-3-2-4-19(20)21(31)29-13-10-23(11-14-29)12-15-30(16-23)22(32)28-18-8-6-17(7-9-18)24(25,26)27/h2-9H,10-16H2,1H3,(H,28,32). The average molecular weight is 478 g/mol. The first-order valence-corrected chi connectivity index (χ1v) is 12.1. The minimum atomic E-state index is -4.41. The quantitative estimate of drug-likeness (QED) is 0.587. The molecule has 0 radical (unpaired) electrons. The van der Waals surface area contributed by atoms with Crippen LogP contribution in [0.25, 0.3) is 0 Å². The van der Waals surface area contributed by atoms with Crippen LogP contribution in [0.1, 0.15) is 35.2 Å². The van der Waals surface area contributed by atoms with E-state index in [4.69, 9.17) is 0 Å². The minimum absolute atomic E-state index is 0.0205. The molecule has 0 atom stereocenters. The Balaban J connectivity index is 1.32. The number of halogens is 3. The fraction of sp³-hybridized carbons (Fsp3) is 0.417. The van der Waals surface area contributed by atoms with Crippen molar-refractivity contribution in [3.05, 3.63) is 59.7 Å². The molecule has 176 valence electrons. The molecule has 2 fully saturated rings. The van der Waals surface area contributed by atoms with Crippen molar-refractivity contribution in [1.29, 1.82) is 0 Å². The fourth-order valence-corrected chi connectivity index (χ4v) is 5.23. The highest BCUT2D eigenvalue weighted by Gasteiger charge is 2.43. The minimum Gasteiger partial charge on any atom is -0.339 e. The van der Waals surface area contributed by atoms with E-state index in [-0.39, 0.29) is 17.4 Å². The molecule has 2 aliphatic rings. The van der Waals surface area contributed by atoms with Gasteiger partial charge in [0.05, 0.1) is 11.1 Å². The summed E-state index contributed by atoms with van der Waals surface area (Å²) in [5.41, 5.74) is 0.293. The zero-order valence-electron chi connectivity index (χ0n) is 18.3. The molecule has 9 heteroatoms. The molecular formula is C24H26F3N3O2S. The third kappa shape index (κ3) is 5.13. The first-order chi connectivity index (χ1) is 15.7. The molecule has 1 N–H and O–H groups in total. The molecule has 2 saturated heterocycles. The second kappa shape index (κ2) is 9.29. The number of rotatable bonds is 3. The SMILES string of the molecule is CSc1ccccc1C(=O)N1CCC2(CCN(C(=O)Nc3ccc(C(F)(F)F)cc3)C2)CC1. The smallest absolute Gasteiger partial charge is 0.339 e. The number of benzene rings is 2. The van der Waals surface area contributed by atoms with Crippen molar-refractivity contribution in [2.24, 2.45) is 5.41 Å². The maximum atomic E-state index is 13.0. The number of piperidine rings is 1. The highest BCUT2D eigenvalue weighted by atomic mass is 32.2. The van der Waals surface area contributed by atoms with E-state index in [1.54, 1.807) is 16.7 Å². The van der Waals surface area contributed by atoms with Crippen LogP contribution in [0.15, 0.2) is 53.4 Å². The Kier molecular flexibility index (Phi) is 6.61. The number of hydrogen-bond acceptors (Lipinski definition) is 3. The van der Waals surface area contributed by atoms with Crippen LogP contribution in [0.5, 0.6) is 0 Å². The molecule has 2 heterocycles. The molecule has 0 bridgehead atoms. The number of alkyl halides is 3. The predicted octanol–water partition coefficient (Wildman–Crippen LogP) is 5.59. The molecule has 4 rings (SSSR count). The van der Waals surface area contributed by atoms with Gasteiger partial charge in [-0.05, 0) is 67.3 Å². The summed E-state index contributed by atoms with van der Waals surface area (Å²) in [7, 11) is 0. The van der Waals surface area contributed by atoms with E-state index in [2.05, 4.69) is 5.32 Å². The number of likely N-dealkylation sites (tertiary alicyclic amines) is 2. The van der Waals surface area contributed by atoms with Gasteiger partial charge in [0.1, 0.15) is 0 Å². The van der Waals surface area contributed by atoms with Crippen molar-refractivity contribution in [3.8, 4) is 0 Å². The van der Waals surface area contributed by atoms with Crippen LogP contribution in [-0.4, -0.2) is 54.2 Å². The van der Waals surface area contributed by atoms with Crippen molar-refractivity contribution in [2.45, 2.75) is 30.3 Å². The van der Waals surface area contributed by atoms with E-state index in [1.165, 1.54) is 12.1 Å². The number of anilines is 1. The summed E-state index contributed by atoms with van der Waals surface area (Å²) >= 11 is 1.56. The predicted molar refractivity (Wildman–Crippen MR) is 122 cm³/mol. The number of nitrogens with one attached hydrogen (secondary N) is 1. The number of carbonyl (C=O) groups excluding carboxylic acids is 2. The first-order valence-electron chi connectivity index (χ1n) is 10.9. The number of amides is 3. The third-order valence-electron chi connectivity index (χ3n) is 6.64. The monoisotopic (exact) mass is 477 g/mol. The lowest BCUT2D eigenvalue weighted by atomic mass is 9.77. The Morgan fingerprint density at radius 1 is 0.939 bits per heavy atom. The van der Waals surface area contributed by atoms with Crippen LogP contribution >= 0.6 is 11.8 Å². The Labute approximate surface area is 195 Å². The molecule has 0 saturated carbocycles. The Morgan fingerprint density at radius 3 is 2.15 bits per heavy atom. The summed E-state index contributed by atoms with van der Waals surface area (Å²) < 4.78 is 38.2. The summed E-state index contributed by atoms with van der Waals surface area (Å²) in [6.45, 7) is 2.48. The molecule has 1 spiro atoms. The zero-order valence-corrected chi connectivity index (χ0v) is 19.1. The van der Waals surface area contributed by atoms with E-state index in [0.29, 0.717) is 31.9 Å². The van der Waals surface area contributed by atoms with Gasteiger partial charge in [0, 0.05) is 36.8 Å². The van der Waals surface area contributed by atoms with E-state index in [9.17, 15) is 22.8 Å². The van der Waals surface area contributed by atoms with Crippen molar-refractivity contribution in [1.82, 2.24) is 9.80 Å². The molecule has 0 aromatic heterocycles. The lowest BCUT2D eigenvalue weighted by Gasteiger charge is -2.39. The van der Waals surface area contributed by atoms with Crippen LogP contribution in [0.3, 0.4) is 0 Å². The van der Waals surface area contributed by atoms with Gasteiger partial charge < -0.3 is 15.1 Å². The molecule has 2 aromatic rings. The number of carbonyl (C=O) groups is 2. The fourth-order valence-electron chi connectivity index (χ4n) is 4.64. The van der Waals surface area contributed by atoms with Crippen LogP contribution in [-0.2, 0) is 6.18 Å². The van der Waals surface area contributed by atoms with Crippen molar-refractivity contribution >= 4 is 29.4 Å². The van der Waals surface area contributed by atoms with Gasteiger partial charge in [-0.15, -0.1) is 11.8 Å². The van der Waals surface area contributed by atoms with Crippen LogP contribution in [0, 0.1) is 5.41 Å². The molecule has 3 amide bonds. The second-order valence-corrected chi connectivity index (χ2v) is 9.52. The maximum absolute atomic E-state index is 13.0. The first kappa shape index (κ1) is 23.5. The molecule has 0 unspecified atom stereocenters. The third-order valence-corrected chi connectivity index (χ3v) is 7.43. The summed E-state index contributed by atoms with van der Waals surface area (Å²) in [4.78, 5) is 30.3. The highest BCUT2D eigenvalue weighted by molar-refractivity contribution is 7.98. The molecule has 2 aliphatic heterocycles. The summed E-state index contributed by atoms with van der Waals surface area (Å²) in [5.74, 6) is 0.0460. The Morgan fingerprint density at radius 2 is 1.55 bits per heavy atom. The molecular weight excluding hydrogens is 451 g/mol. The van der Waals surface area contributed by atoms with Gasteiger partial charge in [0.25, 0.3) is 5.91 Å². The number of urea groups is 1. The summed E-state index contributed by atoms with van der Waals surface area (Å²) in [6, 6.07) is 11.8. The van der Waals surface area contributed by atoms with Crippen molar-refractivity contribution < 1.29 is 22.8 Å². The second-order valence-electron chi connectivity index (χ2n) is 8.67. The normalized spacial score (nSPS) is 17.9. The van der Waals surface area contributed by atoms with Crippen molar-refractivity contribution in [3.63, 3.8) is 0 Å². The lowest BCUT2D eigenvalue weighted by Crippen LogP contribution is -2.45. The Hall–Kier alpha value is -2.68. The van der Waals surface area contributed by atoms with E-state index < -0.39 is 11.7 Å². The molecule has 5 nitrogen and oxygen atoms in total. The number of hydrogen-bond donors (Lipinski definition) is 1. The zero-order chi connectivity index (χ0) is 23.6. The lowest BCUT2D eigenvalue weighted by molar-refractivity contribution is -0.137. The van der Waals surface area contributed by atoms with E-state index >= 15 is 0 Å². The van der Waals surface area contributed by atoms with E-state index in [1.807, 2.05) is 35.4 Å². The van der Waals surface area contributed by atoms with E-state index in [0.717, 1.165) is 41.9 Å². The van der Waals surface area contributed by atoms with Gasteiger partial charge in [-0.2, -0.15) is 13.2 Å². The Bertz CT molecular complexity index is 1020. The molecule has 33 heavy (non-hydrogen) atoms. The van der Waals surface area contributed by atoms with Gasteiger partial charge in [-0.3, -0.25) is 4.79 Å². The summed E-state index contributed by atoms with van der Waals surface area (Å²) in [6.07, 6.45) is 0.0586. The average Bonchev–Trinajstić information content (AvgIpc) is 3.22. The van der Waals surface area contributed by atoms with Crippen LogP contribution in [0.4, 0.5) is 23.7 Å². The highest BCUT2D eigenvalue weighted by Crippen LogP contribution is 2.41. The van der Waals surface area contributed by atoms with Crippen LogP contribution in [0.2, 0.25) is 0 Å². The summed E-state index contributed by atoms with van der Waals surface area (Å²) in [5, 5.41) is 2.70. The largest absolute Gasteiger partial charge is 0.416 e. The van der Waals surface area contributed by atoms with Gasteiger partial charge in [0.2, 0.25) is 0 Å². The van der Waals surface area contributed by atoms with Gasteiger partial charge in [0.15, 0.2) is 0 Å². The molecule has 2 aromatic carbocycles. The van der Waals surface area contributed by atoms with Crippen LogP contribution < -0.4 is 5.32 Å². The van der Waals surface area contributed by atoms with Crippen molar-refractivity contribution in [2.75, 3.05) is 37.8 Å². The number of nitrogens with zero attached hydrogens (tertiary/aromatic N) is 2. The van der Waals surface area contributed by atoms with Gasteiger partial charge in [-0.25, -0.2) is 4.79 Å². The molecule has 0 aliphatic carbocycles. The van der Waals surface area contributed by atoms with Gasteiger partial charge in [-0.1, -0.05) is 12.1 Å². The maximum Gasteiger partial charge on any atom is 0.416 e. The number of thioether (sulfide) groups is 1. The topological polar surface area (TPSA) is 52.7 Å².